The Labute approximate surface area is 220 Å². The maximum absolute atomic E-state index is 13.2. The number of ether oxygens (including phenoxy) is 5. The van der Waals surface area contributed by atoms with E-state index in [0.29, 0.717) is 5.56 Å². The van der Waals surface area contributed by atoms with E-state index in [2.05, 4.69) is 10.1 Å². The van der Waals surface area contributed by atoms with E-state index in [-0.39, 0.29) is 23.0 Å². The Morgan fingerprint density at radius 2 is 1.62 bits per heavy atom. The Morgan fingerprint density at radius 3 is 2.18 bits per heavy atom. The van der Waals surface area contributed by atoms with Crippen molar-refractivity contribution in [3.63, 3.8) is 0 Å². The number of aliphatic hydroxyl groups excluding tert-OH is 2. The average molecular weight is 557 g/mol. The molecule has 3 N–H and O–H groups in total. The molecule has 2 aromatic rings. The molecule has 1 heterocycles. The van der Waals surface area contributed by atoms with Gasteiger partial charge in [-0.15, -0.1) is 13.2 Å². The molecule has 1 aliphatic rings. The fraction of sp³-hybridized carbons (Fsp3) is 0.400. The fourth-order valence-electron chi connectivity index (χ4n) is 3.85. The highest BCUT2D eigenvalue weighted by molar-refractivity contribution is 5.94. The van der Waals surface area contributed by atoms with Crippen LogP contribution in [0.15, 0.2) is 42.5 Å². The summed E-state index contributed by atoms with van der Waals surface area (Å²) in [6, 6.07) is 9.05. The van der Waals surface area contributed by atoms with Crippen LogP contribution in [-0.4, -0.2) is 72.5 Å². The number of esters is 2. The number of rotatable bonds is 8. The van der Waals surface area contributed by atoms with E-state index in [1.807, 2.05) is 0 Å². The molecule has 1 amide bonds. The van der Waals surface area contributed by atoms with Crippen LogP contribution in [0.2, 0.25) is 0 Å². The van der Waals surface area contributed by atoms with Crippen molar-refractivity contribution in [1.29, 1.82) is 0 Å². The molecule has 0 bridgehead atoms. The Balaban J connectivity index is 1.98. The number of alkyl halides is 3. The highest BCUT2D eigenvalue weighted by Crippen LogP contribution is 2.41. The summed E-state index contributed by atoms with van der Waals surface area (Å²) in [5.41, 5.74) is -0.0270. The number of carbonyl (C=O) groups is 3. The number of amides is 1. The van der Waals surface area contributed by atoms with Gasteiger partial charge in [-0.1, -0.05) is 0 Å². The van der Waals surface area contributed by atoms with Crippen LogP contribution in [0.25, 0.3) is 0 Å². The molecule has 0 aromatic heterocycles. The number of hydrogen-bond donors (Lipinski definition) is 3. The van der Waals surface area contributed by atoms with Gasteiger partial charge in [-0.05, 0) is 42.5 Å². The lowest BCUT2D eigenvalue weighted by Gasteiger charge is -2.42. The molecular formula is C25H26F3NO10. The van der Waals surface area contributed by atoms with E-state index in [1.165, 1.54) is 37.4 Å². The molecule has 0 radical (unpaired) electrons. The number of benzene rings is 2. The summed E-state index contributed by atoms with van der Waals surface area (Å²) in [5, 5.41) is 23.9. The molecule has 3 rings (SSSR count). The zero-order valence-electron chi connectivity index (χ0n) is 20.9. The summed E-state index contributed by atoms with van der Waals surface area (Å²) in [5.74, 6) is -2.47. The standard InChI is InChI=1S/C25H26F3NO10/c1-12(30)35-11-19-23(36-13(2)31)21(33)20(32)22(38-19)17-10-16(8-9-18(17)39-25(26,27)28)37-15-6-4-14(5-7-15)24(34)29-3/h4-10,19-23,32-33H,11H2,1-3H3,(H,29,34)/t19-,20+,21-,22-,23+/m1/s1. The molecule has 0 spiro atoms. The lowest BCUT2D eigenvalue weighted by Crippen LogP contribution is -2.57. The highest BCUT2D eigenvalue weighted by atomic mass is 19.4. The SMILES string of the molecule is CNC(=O)c1ccc(Oc2ccc(OC(F)(F)F)c([C@H]3O[C@H](COC(C)=O)[C@H](OC(C)=O)[C@H](O)[C@@H]3O)c2)cc1. The van der Waals surface area contributed by atoms with Crippen molar-refractivity contribution in [1.82, 2.24) is 5.32 Å². The number of nitrogens with one attached hydrogen (secondary N) is 1. The highest BCUT2D eigenvalue weighted by Gasteiger charge is 2.48. The minimum Gasteiger partial charge on any atom is -0.463 e. The normalized spacial score (nSPS) is 22.9. The third kappa shape index (κ3) is 7.81. The molecule has 39 heavy (non-hydrogen) atoms. The lowest BCUT2D eigenvalue weighted by atomic mass is 9.90. The molecule has 1 fully saturated rings. The van der Waals surface area contributed by atoms with Gasteiger partial charge in [-0.2, -0.15) is 0 Å². The molecule has 5 atom stereocenters. The minimum absolute atomic E-state index is 0.00356. The second kappa shape index (κ2) is 12.3. The molecule has 2 aromatic carbocycles. The van der Waals surface area contributed by atoms with E-state index in [1.54, 1.807) is 0 Å². The molecule has 212 valence electrons. The van der Waals surface area contributed by atoms with Crippen molar-refractivity contribution < 1.29 is 61.5 Å². The number of hydrogen-bond acceptors (Lipinski definition) is 10. The van der Waals surface area contributed by atoms with E-state index >= 15 is 0 Å². The van der Waals surface area contributed by atoms with Crippen molar-refractivity contribution in [3.05, 3.63) is 53.6 Å². The molecule has 0 unspecified atom stereocenters. The van der Waals surface area contributed by atoms with Crippen LogP contribution in [0.4, 0.5) is 13.2 Å². The van der Waals surface area contributed by atoms with Crippen molar-refractivity contribution in [2.45, 2.75) is 50.7 Å². The molecule has 0 saturated carbocycles. The fourth-order valence-corrected chi connectivity index (χ4v) is 3.85. The first-order valence-electron chi connectivity index (χ1n) is 11.5. The second-order valence-corrected chi connectivity index (χ2v) is 8.41. The zero-order chi connectivity index (χ0) is 28.9. The van der Waals surface area contributed by atoms with Gasteiger partial charge in [-0.3, -0.25) is 14.4 Å². The summed E-state index contributed by atoms with van der Waals surface area (Å²) < 4.78 is 65.0. The van der Waals surface area contributed by atoms with Gasteiger partial charge in [0.05, 0.1) is 0 Å². The maximum Gasteiger partial charge on any atom is 0.573 e. The van der Waals surface area contributed by atoms with Crippen LogP contribution in [0.3, 0.4) is 0 Å². The van der Waals surface area contributed by atoms with Crippen LogP contribution in [0.5, 0.6) is 17.2 Å². The molecule has 14 heteroatoms. The molecule has 0 aliphatic carbocycles. The minimum atomic E-state index is -5.12. The molecule has 1 saturated heterocycles. The average Bonchev–Trinajstić information content (AvgIpc) is 2.86. The van der Waals surface area contributed by atoms with E-state index in [9.17, 15) is 37.8 Å². The van der Waals surface area contributed by atoms with Gasteiger partial charge in [0, 0.05) is 32.0 Å². The summed E-state index contributed by atoms with van der Waals surface area (Å²) in [6.07, 6.45) is -13.4. The summed E-state index contributed by atoms with van der Waals surface area (Å²) in [7, 11) is 1.46. The first-order chi connectivity index (χ1) is 18.3. The molecular weight excluding hydrogens is 531 g/mol. The quantitative estimate of drug-likeness (QED) is 0.413. The van der Waals surface area contributed by atoms with E-state index < -0.39 is 61.2 Å². The molecule has 11 nitrogen and oxygen atoms in total. The van der Waals surface area contributed by atoms with E-state index in [0.717, 1.165) is 26.0 Å². The Morgan fingerprint density at radius 1 is 0.974 bits per heavy atom. The van der Waals surface area contributed by atoms with Crippen LogP contribution in [0, 0.1) is 0 Å². The van der Waals surface area contributed by atoms with Gasteiger partial charge in [-0.25, -0.2) is 0 Å². The first-order valence-corrected chi connectivity index (χ1v) is 11.5. The first kappa shape index (κ1) is 29.7. The van der Waals surface area contributed by atoms with Gasteiger partial charge in [0.2, 0.25) is 0 Å². The zero-order valence-corrected chi connectivity index (χ0v) is 20.9. The van der Waals surface area contributed by atoms with Crippen molar-refractivity contribution in [3.8, 4) is 17.2 Å². The Bertz CT molecular complexity index is 1190. The van der Waals surface area contributed by atoms with Crippen LogP contribution in [-0.2, 0) is 23.8 Å². The van der Waals surface area contributed by atoms with Crippen molar-refractivity contribution >= 4 is 17.8 Å². The third-order valence-corrected chi connectivity index (χ3v) is 5.53. The van der Waals surface area contributed by atoms with Crippen LogP contribution >= 0.6 is 0 Å². The third-order valence-electron chi connectivity index (χ3n) is 5.53. The van der Waals surface area contributed by atoms with Crippen molar-refractivity contribution in [2.75, 3.05) is 13.7 Å². The Hall–Kier alpha value is -3.88. The predicted octanol–water partition coefficient (Wildman–Crippen LogP) is 2.39. The summed E-state index contributed by atoms with van der Waals surface area (Å²) in [6.45, 7) is 1.58. The lowest BCUT2D eigenvalue weighted by molar-refractivity contribution is -0.276. The van der Waals surface area contributed by atoms with Gasteiger partial charge in [0.1, 0.15) is 48.3 Å². The van der Waals surface area contributed by atoms with Gasteiger partial charge < -0.3 is 39.2 Å². The van der Waals surface area contributed by atoms with Crippen LogP contribution < -0.4 is 14.8 Å². The smallest absolute Gasteiger partial charge is 0.463 e. The number of halogens is 3. The maximum atomic E-state index is 13.2. The summed E-state index contributed by atoms with van der Waals surface area (Å²) in [4.78, 5) is 34.6. The van der Waals surface area contributed by atoms with E-state index in [4.69, 9.17) is 18.9 Å². The number of carbonyl (C=O) groups excluding carboxylic acids is 3. The summed E-state index contributed by atoms with van der Waals surface area (Å²) >= 11 is 0. The van der Waals surface area contributed by atoms with Gasteiger partial charge >= 0.3 is 18.3 Å². The van der Waals surface area contributed by atoms with Gasteiger partial charge in [0.25, 0.3) is 5.91 Å². The Kier molecular flexibility index (Phi) is 9.37. The molecule has 1 aliphatic heterocycles. The predicted molar refractivity (Wildman–Crippen MR) is 125 cm³/mol. The topological polar surface area (TPSA) is 150 Å². The largest absolute Gasteiger partial charge is 0.573 e. The van der Waals surface area contributed by atoms with Gasteiger partial charge in [0.15, 0.2) is 6.10 Å². The van der Waals surface area contributed by atoms with Crippen molar-refractivity contribution in [2.24, 2.45) is 0 Å². The number of aliphatic hydroxyl groups is 2. The monoisotopic (exact) mass is 557 g/mol. The van der Waals surface area contributed by atoms with Crippen LogP contribution in [0.1, 0.15) is 35.9 Å². The second-order valence-electron chi connectivity index (χ2n) is 8.41.